The number of hydrogen-bond acceptors (Lipinski definition) is 6. The maximum atomic E-state index is 13.6. The highest BCUT2D eigenvalue weighted by molar-refractivity contribution is 6.05. The molecule has 2 heterocycles. The lowest BCUT2D eigenvalue weighted by Gasteiger charge is -2.25. The normalized spacial score (nSPS) is 13.3. The molecular weight excluding hydrogens is 448 g/mol. The first-order valence-electron chi connectivity index (χ1n) is 11.6. The summed E-state index contributed by atoms with van der Waals surface area (Å²) in [4.78, 5) is 54.5. The Hall–Kier alpha value is -4.21. The van der Waals surface area contributed by atoms with Crippen LogP contribution >= 0.6 is 0 Å². The van der Waals surface area contributed by atoms with Crippen molar-refractivity contribution in [2.45, 2.75) is 38.6 Å². The zero-order valence-electron chi connectivity index (χ0n) is 19.6. The molecule has 0 fully saturated rings. The molecule has 10 heteroatoms. The molecule has 1 aliphatic carbocycles. The zero-order valence-corrected chi connectivity index (χ0v) is 19.6. The van der Waals surface area contributed by atoms with Gasteiger partial charge in [-0.1, -0.05) is 42.0 Å². The number of nitrogens with two attached hydrogens (primary N) is 1. The van der Waals surface area contributed by atoms with Crippen molar-refractivity contribution in [2.24, 2.45) is 7.05 Å². The number of benzene rings is 1. The van der Waals surface area contributed by atoms with Crippen molar-refractivity contribution in [3.8, 4) is 0 Å². The zero-order chi connectivity index (χ0) is 24.9. The van der Waals surface area contributed by atoms with Crippen molar-refractivity contribution < 1.29 is 4.79 Å². The summed E-state index contributed by atoms with van der Waals surface area (Å²) in [6, 6.07) is 11.8. The number of nitrogens with zero attached hydrogens (tertiary/aromatic N) is 4. The lowest BCUT2D eigenvalue weighted by Crippen LogP contribution is -2.42. The number of aromatic amines is 1. The number of nitrogens with one attached hydrogen (secondary N) is 1. The van der Waals surface area contributed by atoms with Gasteiger partial charge in [-0.2, -0.15) is 5.10 Å². The Labute approximate surface area is 201 Å². The summed E-state index contributed by atoms with van der Waals surface area (Å²) in [5, 5.41) is 4.06. The van der Waals surface area contributed by atoms with E-state index >= 15 is 0 Å². The number of carbonyl (C=O) groups is 1. The van der Waals surface area contributed by atoms with Crippen LogP contribution in [0.25, 0.3) is 0 Å². The van der Waals surface area contributed by atoms with Crippen molar-refractivity contribution in [1.82, 2.24) is 19.3 Å². The number of carbonyl (C=O) groups excluding carboxylic acids is 1. The maximum absolute atomic E-state index is 13.6. The maximum Gasteiger partial charge on any atom is 0.330 e. The van der Waals surface area contributed by atoms with E-state index in [9.17, 15) is 19.2 Å². The van der Waals surface area contributed by atoms with Gasteiger partial charge >= 0.3 is 5.69 Å². The second kappa shape index (κ2) is 10.4. The number of aryl methyl sites for hydroxylation is 1. The average molecular weight is 477 g/mol. The van der Waals surface area contributed by atoms with Crippen LogP contribution < -0.4 is 27.4 Å². The van der Waals surface area contributed by atoms with E-state index in [0.29, 0.717) is 6.42 Å². The molecule has 2 aromatic heterocycles. The van der Waals surface area contributed by atoms with Crippen LogP contribution in [-0.4, -0.2) is 31.8 Å². The first-order valence-corrected chi connectivity index (χ1v) is 11.6. The van der Waals surface area contributed by atoms with E-state index in [2.05, 4.69) is 16.2 Å². The van der Waals surface area contributed by atoms with Gasteiger partial charge in [0.05, 0.1) is 6.54 Å². The highest BCUT2D eigenvalue weighted by atomic mass is 16.2. The number of anilines is 2. The highest BCUT2D eigenvalue weighted by Gasteiger charge is 2.27. The lowest BCUT2D eigenvalue weighted by atomic mass is 9.97. The molecule has 0 saturated carbocycles. The molecule has 3 aromatic rings. The van der Waals surface area contributed by atoms with Crippen LogP contribution in [0.1, 0.15) is 48.2 Å². The molecule has 0 atom stereocenters. The first kappa shape index (κ1) is 23.9. The third-order valence-corrected chi connectivity index (χ3v) is 6.13. The van der Waals surface area contributed by atoms with Gasteiger partial charge in [0.25, 0.3) is 17.0 Å². The third kappa shape index (κ3) is 5.32. The summed E-state index contributed by atoms with van der Waals surface area (Å²) in [6.07, 6.45) is 6.84. The predicted molar refractivity (Wildman–Crippen MR) is 134 cm³/mol. The summed E-state index contributed by atoms with van der Waals surface area (Å²) >= 11 is 0. The Balaban J connectivity index is 1.78. The largest absolute Gasteiger partial charge is 0.383 e. The van der Waals surface area contributed by atoms with Crippen molar-refractivity contribution in [1.29, 1.82) is 0 Å². The third-order valence-electron chi connectivity index (χ3n) is 6.13. The second-order valence-electron chi connectivity index (χ2n) is 8.56. The van der Waals surface area contributed by atoms with E-state index in [1.54, 1.807) is 0 Å². The van der Waals surface area contributed by atoms with Crippen LogP contribution in [0.15, 0.2) is 68.5 Å². The molecule has 0 bridgehead atoms. The van der Waals surface area contributed by atoms with Crippen molar-refractivity contribution in [3.05, 3.63) is 96.6 Å². The second-order valence-corrected chi connectivity index (χ2v) is 8.56. The molecule has 0 unspecified atom stereocenters. The van der Waals surface area contributed by atoms with Gasteiger partial charge in [0.1, 0.15) is 11.5 Å². The fourth-order valence-electron chi connectivity index (χ4n) is 4.22. The molecule has 0 aliphatic heterocycles. The Morgan fingerprint density at radius 1 is 1.11 bits per heavy atom. The minimum Gasteiger partial charge on any atom is -0.383 e. The molecule has 0 spiro atoms. The van der Waals surface area contributed by atoms with Crippen LogP contribution in [-0.2, 0) is 13.6 Å². The van der Waals surface area contributed by atoms with Crippen LogP contribution in [0.5, 0.6) is 0 Å². The van der Waals surface area contributed by atoms with Crippen LogP contribution in [0.2, 0.25) is 0 Å². The number of hydrogen-bond donors (Lipinski definition) is 2. The molecule has 1 aromatic carbocycles. The number of nitrogen functional groups attached to an aromatic ring is 1. The molecular formula is C25H28N6O4. The number of rotatable bonds is 7. The molecule has 4 rings (SSSR count). The van der Waals surface area contributed by atoms with Gasteiger partial charge in [-0.15, -0.1) is 0 Å². The Morgan fingerprint density at radius 3 is 2.57 bits per heavy atom. The number of amides is 1. The monoisotopic (exact) mass is 476 g/mol. The molecule has 1 aliphatic rings. The van der Waals surface area contributed by atoms with Crippen LogP contribution in [0, 0.1) is 0 Å². The predicted octanol–water partition coefficient (Wildman–Crippen LogP) is 1.80. The van der Waals surface area contributed by atoms with E-state index in [1.807, 2.05) is 30.3 Å². The first-order chi connectivity index (χ1) is 16.8. The van der Waals surface area contributed by atoms with E-state index in [-0.39, 0.29) is 35.8 Å². The van der Waals surface area contributed by atoms with Gasteiger partial charge in [0.15, 0.2) is 5.69 Å². The smallest absolute Gasteiger partial charge is 0.330 e. The number of aromatic nitrogens is 4. The highest BCUT2D eigenvalue weighted by Crippen LogP contribution is 2.24. The lowest BCUT2D eigenvalue weighted by molar-refractivity contribution is 0.0979. The van der Waals surface area contributed by atoms with Gasteiger partial charge in [-0.25, -0.2) is 9.48 Å². The van der Waals surface area contributed by atoms with Gasteiger partial charge in [0, 0.05) is 19.7 Å². The van der Waals surface area contributed by atoms with Gasteiger partial charge in [-0.05, 0) is 43.7 Å². The number of H-pyrrole nitrogens is 1. The molecule has 10 nitrogen and oxygen atoms in total. The Morgan fingerprint density at radius 2 is 1.89 bits per heavy atom. The molecule has 1 amide bonds. The molecule has 0 radical (unpaired) electrons. The standard InChI is InChI=1S/C25H28N6O4/c1-29-20(32)13-12-19(28-29)24(34)30(15-14-17-8-4-2-5-9-17)21-22(26)31(25(35)27-23(21)33)16-18-10-6-3-7-11-18/h3,6-8,10-13H,2,4-5,9,14-16,26H2,1H3,(H,27,33,35). The van der Waals surface area contributed by atoms with Crippen molar-refractivity contribution in [2.75, 3.05) is 17.2 Å². The fraction of sp³-hybridized carbons (Fsp3) is 0.320. The van der Waals surface area contributed by atoms with E-state index < -0.39 is 17.2 Å². The minimum atomic E-state index is -0.757. The van der Waals surface area contributed by atoms with Crippen LogP contribution in [0.4, 0.5) is 11.5 Å². The molecule has 3 N–H and O–H groups in total. The summed E-state index contributed by atoms with van der Waals surface area (Å²) in [5.74, 6) is -0.697. The molecule has 0 saturated heterocycles. The average Bonchev–Trinajstić information content (AvgIpc) is 2.86. The Bertz CT molecular complexity index is 1430. The summed E-state index contributed by atoms with van der Waals surface area (Å²) < 4.78 is 2.29. The summed E-state index contributed by atoms with van der Waals surface area (Å²) in [5.41, 5.74) is 6.47. The van der Waals surface area contributed by atoms with Gasteiger partial charge in [-0.3, -0.25) is 28.8 Å². The van der Waals surface area contributed by atoms with Crippen molar-refractivity contribution >= 4 is 17.4 Å². The number of allylic oxidation sites excluding steroid dienone is 1. The Kier molecular flexibility index (Phi) is 7.09. The summed E-state index contributed by atoms with van der Waals surface area (Å²) in [6.45, 7) is 0.298. The summed E-state index contributed by atoms with van der Waals surface area (Å²) in [7, 11) is 1.44. The van der Waals surface area contributed by atoms with E-state index in [4.69, 9.17) is 5.73 Å². The van der Waals surface area contributed by atoms with Crippen LogP contribution in [0.3, 0.4) is 0 Å². The SMILES string of the molecule is Cn1nc(C(=O)N(CCC2=CCCCC2)c2c(N)n(Cc3ccccc3)c(=O)[nH]c2=O)ccc1=O. The van der Waals surface area contributed by atoms with E-state index in [1.165, 1.54) is 34.2 Å². The topological polar surface area (TPSA) is 136 Å². The fourth-order valence-corrected chi connectivity index (χ4v) is 4.22. The molecule has 35 heavy (non-hydrogen) atoms. The van der Waals surface area contributed by atoms with Gasteiger partial charge in [0.2, 0.25) is 0 Å². The van der Waals surface area contributed by atoms with E-state index in [0.717, 1.165) is 35.9 Å². The molecule has 182 valence electrons. The van der Waals surface area contributed by atoms with Crippen molar-refractivity contribution in [3.63, 3.8) is 0 Å². The van der Waals surface area contributed by atoms with Gasteiger partial charge < -0.3 is 5.73 Å². The minimum absolute atomic E-state index is 0.00988. The quantitative estimate of drug-likeness (QED) is 0.499.